The number of nitrogens with zero attached hydrogens (tertiary/aromatic N) is 1. The van der Waals surface area contributed by atoms with Crippen LogP contribution in [-0.4, -0.2) is 44.1 Å². The fraction of sp³-hybridized carbons (Fsp3) is 0.333. The summed E-state index contributed by atoms with van der Waals surface area (Å²) in [5.41, 5.74) is 3.58. The topological polar surface area (TPSA) is 117 Å². The van der Waals surface area contributed by atoms with Crippen molar-refractivity contribution in [1.29, 1.82) is 0 Å². The highest BCUT2D eigenvalue weighted by Gasteiger charge is 2.42. The van der Waals surface area contributed by atoms with Crippen LogP contribution in [0.4, 0.5) is 5.69 Å². The Hall–Kier alpha value is -3.98. The molecule has 0 amide bonds. The molecule has 0 radical (unpaired) electrons. The van der Waals surface area contributed by atoms with Gasteiger partial charge in [0.15, 0.2) is 5.78 Å². The number of para-hydroxylation sites is 1. The SMILES string of the molecule is COCCOC(=O)C1=C(C)NC2=C(C(=O)C[C@@H](c3ccccc3OC)C2)[C@H]1c1ccc([N+](=O)[O-])cc1. The van der Waals surface area contributed by atoms with Crippen molar-refractivity contribution in [2.45, 2.75) is 31.6 Å². The minimum absolute atomic E-state index is 0.0643. The quantitative estimate of drug-likeness (QED) is 0.253. The minimum atomic E-state index is -0.705. The normalized spacial score (nSPS) is 19.5. The maximum absolute atomic E-state index is 13.7. The van der Waals surface area contributed by atoms with Crippen LogP contribution in [0.2, 0.25) is 0 Å². The highest BCUT2D eigenvalue weighted by atomic mass is 16.6. The average Bonchev–Trinajstić information content (AvgIpc) is 2.87. The lowest BCUT2D eigenvalue weighted by molar-refractivity contribution is -0.384. The fourth-order valence-corrected chi connectivity index (χ4v) is 4.95. The van der Waals surface area contributed by atoms with E-state index in [4.69, 9.17) is 14.2 Å². The number of rotatable bonds is 8. The summed E-state index contributed by atoms with van der Waals surface area (Å²) in [5, 5.41) is 14.5. The largest absolute Gasteiger partial charge is 0.496 e. The Labute approximate surface area is 208 Å². The first-order chi connectivity index (χ1) is 17.3. The second kappa shape index (κ2) is 10.7. The van der Waals surface area contributed by atoms with Gasteiger partial charge < -0.3 is 19.5 Å². The molecule has 1 N–H and O–H groups in total. The Morgan fingerprint density at radius 2 is 1.81 bits per heavy atom. The molecule has 9 heteroatoms. The molecule has 0 unspecified atom stereocenters. The summed E-state index contributed by atoms with van der Waals surface area (Å²) >= 11 is 0. The number of Topliss-reactive ketones (excluding diaryl/α,β-unsaturated/α-hetero) is 1. The van der Waals surface area contributed by atoms with Crippen molar-refractivity contribution in [2.75, 3.05) is 27.4 Å². The minimum Gasteiger partial charge on any atom is -0.496 e. The van der Waals surface area contributed by atoms with E-state index in [1.165, 1.54) is 19.2 Å². The molecule has 4 rings (SSSR count). The van der Waals surface area contributed by atoms with Crippen molar-refractivity contribution in [3.8, 4) is 5.75 Å². The standard InChI is InChI=1S/C27H28N2O7/c1-16-24(27(31)36-13-12-34-2)25(17-8-10-19(11-9-17)29(32)33)26-21(28-16)14-18(15-22(26)30)20-6-4-5-7-23(20)35-3/h4-11,18,25,28H,12-15H2,1-3H3/t18-,25-/m0/s1. The van der Waals surface area contributed by atoms with E-state index in [2.05, 4.69) is 5.32 Å². The number of esters is 1. The van der Waals surface area contributed by atoms with Gasteiger partial charge in [-0.25, -0.2) is 4.79 Å². The number of carbonyl (C=O) groups is 2. The molecule has 36 heavy (non-hydrogen) atoms. The zero-order valence-corrected chi connectivity index (χ0v) is 20.4. The third-order valence-electron chi connectivity index (χ3n) is 6.58. The molecule has 9 nitrogen and oxygen atoms in total. The summed E-state index contributed by atoms with van der Waals surface area (Å²) in [7, 11) is 3.11. The number of carbonyl (C=O) groups excluding carboxylic acids is 2. The molecule has 1 heterocycles. The van der Waals surface area contributed by atoms with Gasteiger partial charge in [-0.1, -0.05) is 30.3 Å². The first kappa shape index (κ1) is 25.1. The molecular weight excluding hydrogens is 464 g/mol. The van der Waals surface area contributed by atoms with Gasteiger partial charge >= 0.3 is 5.97 Å². The molecule has 2 aromatic carbocycles. The Bertz CT molecular complexity index is 1250. The highest BCUT2D eigenvalue weighted by molar-refractivity contribution is 6.04. The fourth-order valence-electron chi connectivity index (χ4n) is 4.95. The second-order valence-corrected chi connectivity index (χ2v) is 8.74. The molecule has 0 bridgehead atoms. The summed E-state index contributed by atoms with van der Waals surface area (Å²) in [5.74, 6) is -0.746. The van der Waals surface area contributed by atoms with E-state index >= 15 is 0 Å². The van der Waals surface area contributed by atoms with E-state index in [0.29, 0.717) is 28.8 Å². The van der Waals surface area contributed by atoms with Crippen LogP contribution in [0.15, 0.2) is 71.1 Å². The van der Waals surface area contributed by atoms with Crippen molar-refractivity contribution in [1.82, 2.24) is 5.32 Å². The summed E-state index contributed by atoms with van der Waals surface area (Å²) in [6.45, 7) is 2.07. The summed E-state index contributed by atoms with van der Waals surface area (Å²) in [4.78, 5) is 37.5. The predicted molar refractivity (Wildman–Crippen MR) is 132 cm³/mol. The molecule has 0 saturated heterocycles. The van der Waals surface area contributed by atoms with Crippen LogP contribution in [0.3, 0.4) is 0 Å². The molecule has 1 aliphatic heterocycles. The molecular formula is C27H28N2O7. The highest BCUT2D eigenvalue weighted by Crippen LogP contribution is 2.47. The van der Waals surface area contributed by atoms with Crippen LogP contribution in [0.1, 0.15) is 42.7 Å². The van der Waals surface area contributed by atoms with E-state index in [0.717, 1.165) is 17.0 Å². The van der Waals surface area contributed by atoms with Crippen molar-refractivity contribution >= 4 is 17.4 Å². The molecule has 2 atom stereocenters. The van der Waals surface area contributed by atoms with E-state index in [1.54, 1.807) is 26.2 Å². The zero-order chi connectivity index (χ0) is 25.8. The monoisotopic (exact) mass is 492 g/mol. The zero-order valence-electron chi connectivity index (χ0n) is 20.4. The van der Waals surface area contributed by atoms with Crippen LogP contribution in [0.5, 0.6) is 5.75 Å². The lowest BCUT2D eigenvalue weighted by Gasteiger charge is -2.37. The maximum atomic E-state index is 13.7. The van der Waals surface area contributed by atoms with Crippen molar-refractivity contribution in [2.24, 2.45) is 0 Å². The molecule has 2 aliphatic rings. The Balaban J connectivity index is 1.77. The van der Waals surface area contributed by atoms with E-state index in [-0.39, 0.29) is 37.0 Å². The van der Waals surface area contributed by atoms with Crippen molar-refractivity contribution in [3.63, 3.8) is 0 Å². The number of benzene rings is 2. The van der Waals surface area contributed by atoms with Gasteiger partial charge in [-0.3, -0.25) is 14.9 Å². The Morgan fingerprint density at radius 1 is 1.08 bits per heavy atom. The van der Waals surface area contributed by atoms with Crippen LogP contribution in [-0.2, 0) is 19.1 Å². The number of hydrogen-bond donors (Lipinski definition) is 1. The van der Waals surface area contributed by atoms with E-state index in [1.807, 2.05) is 24.3 Å². The molecule has 0 saturated carbocycles. The summed E-state index contributed by atoms with van der Waals surface area (Å²) in [6, 6.07) is 13.6. The number of non-ortho nitro benzene ring substituents is 1. The van der Waals surface area contributed by atoms with Gasteiger partial charge in [-0.15, -0.1) is 0 Å². The number of ketones is 1. The molecule has 0 fully saturated rings. The summed E-state index contributed by atoms with van der Waals surface area (Å²) < 4.78 is 15.9. The first-order valence-corrected chi connectivity index (χ1v) is 11.6. The number of ether oxygens (including phenoxy) is 3. The number of nitrogens with one attached hydrogen (secondary N) is 1. The summed E-state index contributed by atoms with van der Waals surface area (Å²) in [6.07, 6.45) is 0.795. The smallest absolute Gasteiger partial charge is 0.336 e. The van der Waals surface area contributed by atoms with Gasteiger partial charge in [0.1, 0.15) is 12.4 Å². The average molecular weight is 493 g/mol. The van der Waals surface area contributed by atoms with Gasteiger partial charge in [0, 0.05) is 54.5 Å². The van der Waals surface area contributed by atoms with Gasteiger partial charge in [-0.2, -0.15) is 0 Å². The van der Waals surface area contributed by atoms with Gasteiger partial charge in [0.25, 0.3) is 5.69 Å². The van der Waals surface area contributed by atoms with Gasteiger partial charge in [0.2, 0.25) is 0 Å². The first-order valence-electron chi connectivity index (χ1n) is 11.6. The van der Waals surface area contributed by atoms with Crippen LogP contribution < -0.4 is 10.1 Å². The molecule has 0 spiro atoms. The van der Waals surface area contributed by atoms with Gasteiger partial charge in [-0.05, 0) is 30.5 Å². The van der Waals surface area contributed by atoms with E-state index in [9.17, 15) is 19.7 Å². The Morgan fingerprint density at radius 3 is 2.47 bits per heavy atom. The number of methoxy groups -OCH3 is 2. The maximum Gasteiger partial charge on any atom is 0.336 e. The van der Waals surface area contributed by atoms with Gasteiger partial charge in [0.05, 0.1) is 24.2 Å². The van der Waals surface area contributed by atoms with Crippen molar-refractivity contribution < 1.29 is 28.7 Å². The number of allylic oxidation sites excluding steroid dienone is 3. The van der Waals surface area contributed by atoms with Crippen LogP contribution in [0, 0.1) is 10.1 Å². The lowest BCUT2D eigenvalue weighted by atomic mass is 9.71. The second-order valence-electron chi connectivity index (χ2n) is 8.74. The third kappa shape index (κ3) is 4.87. The predicted octanol–water partition coefficient (Wildman–Crippen LogP) is 4.15. The number of nitro groups is 1. The molecule has 0 aromatic heterocycles. The number of nitro benzene ring substituents is 1. The molecule has 2 aromatic rings. The molecule has 1 aliphatic carbocycles. The third-order valence-corrected chi connectivity index (χ3v) is 6.58. The number of dihydropyridines is 1. The Kier molecular flexibility index (Phi) is 7.49. The van der Waals surface area contributed by atoms with E-state index < -0.39 is 16.8 Å². The van der Waals surface area contributed by atoms with Crippen molar-refractivity contribution in [3.05, 3.63) is 92.3 Å². The molecule has 188 valence electrons. The number of hydrogen-bond acceptors (Lipinski definition) is 8. The van der Waals surface area contributed by atoms with Crippen LogP contribution >= 0.6 is 0 Å². The van der Waals surface area contributed by atoms with Crippen LogP contribution in [0.25, 0.3) is 0 Å². The lowest BCUT2D eigenvalue weighted by Crippen LogP contribution is -2.36.